The zero-order valence-electron chi connectivity index (χ0n) is 6.08. The highest BCUT2D eigenvalue weighted by Crippen LogP contribution is 2.19. The van der Waals surface area contributed by atoms with Gasteiger partial charge in [0, 0.05) is 10.7 Å². The van der Waals surface area contributed by atoms with Gasteiger partial charge >= 0.3 is 10.2 Å². The Kier molecular flexibility index (Phi) is 2.48. The number of hydrogen-bond acceptors (Lipinski definition) is 3. The van der Waals surface area contributed by atoms with Gasteiger partial charge in [-0.15, -0.1) is 3.89 Å². The molecular weight excluding hydrogens is 249 g/mol. The lowest BCUT2D eigenvalue weighted by atomic mass is 10.4. The molecule has 3 nitrogen and oxygen atoms in total. The number of aryl methyl sites for hydroxylation is 1. The minimum atomic E-state index is -4.65. The lowest BCUT2D eigenvalue weighted by Gasteiger charge is -1.98. The summed E-state index contributed by atoms with van der Waals surface area (Å²) in [6, 6.07) is 1.18. The summed E-state index contributed by atoms with van der Waals surface area (Å²) in [6.07, 6.45) is 1.41. The molecule has 1 aromatic heterocycles. The maximum absolute atomic E-state index is 12.5. The summed E-state index contributed by atoms with van der Waals surface area (Å²) in [7, 11) is -4.65. The van der Waals surface area contributed by atoms with Gasteiger partial charge in [-0.2, -0.15) is 8.42 Å². The molecule has 0 unspecified atom stereocenters. The van der Waals surface area contributed by atoms with E-state index in [0.717, 1.165) is 0 Å². The molecule has 0 aromatic carbocycles. The highest BCUT2D eigenvalue weighted by molar-refractivity contribution is 9.10. The van der Waals surface area contributed by atoms with Crippen LogP contribution in [0.2, 0.25) is 0 Å². The van der Waals surface area contributed by atoms with Crippen molar-refractivity contribution >= 4 is 26.2 Å². The minimum absolute atomic E-state index is 0.153. The molecule has 0 aliphatic carbocycles. The fraction of sp³-hybridized carbons (Fsp3) is 0.167. The quantitative estimate of drug-likeness (QED) is 0.718. The second-order valence-electron chi connectivity index (χ2n) is 2.17. The Morgan fingerprint density at radius 1 is 1.58 bits per heavy atom. The third kappa shape index (κ3) is 2.01. The van der Waals surface area contributed by atoms with E-state index < -0.39 is 15.1 Å². The largest absolute Gasteiger partial charge is 0.333 e. The van der Waals surface area contributed by atoms with E-state index in [1.165, 1.54) is 19.2 Å². The predicted octanol–water partition coefficient (Wildman–Crippen LogP) is 1.81. The minimum Gasteiger partial charge on any atom is -0.259 e. The molecule has 0 amide bonds. The zero-order valence-corrected chi connectivity index (χ0v) is 8.49. The normalized spacial score (nSPS) is 11.6. The van der Waals surface area contributed by atoms with Crippen molar-refractivity contribution in [1.82, 2.24) is 4.98 Å². The van der Waals surface area contributed by atoms with Crippen LogP contribution in [0.5, 0.6) is 0 Å². The molecule has 0 atom stereocenters. The summed E-state index contributed by atoms with van der Waals surface area (Å²) in [5, 5.41) is 0. The van der Waals surface area contributed by atoms with Crippen LogP contribution in [0.1, 0.15) is 5.69 Å². The Balaban J connectivity index is 3.43. The first-order valence-electron chi connectivity index (χ1n) is 2.98. The van der Waals surface area contributed by atoms with E-state index in [-0.39, 0.29) is 5.69 Å². The van der Waals surface area contributed by atoms with E-state index in [1.807, 2.05) is 0 Å². The fourth-order valence-corrected chi connectivity index (χ4v) is 1.89. The van der Waals surface area contributed by atoms with E-state index in [2.05, 4.69) is 20.9 Å². The number of hydrogen-bond donors (Lipinski definition) is 0. The summed E-state index contributed by atoms with van der Waals surface area (Å²) in [4.78, 5) is 3.29. The Hall–Kier alpha value is -0.490. The van der Waals surface area contributed by atoms with Crippen molar-refractivity contribution in [2.45, 2.75) is 11.8 Å². The van der Waals surface area contributed by atoms with Crippen LogP contribution in [-0.2, 0) is 10.2 Å². The summed E-state index contributed by atoms with van der Waals surface area (Å²) in [6.45, 7) is 1.43. The average molecular weight is 254 g/mol. The van der Waals surface area contributed by atoms with E-state index in [0.29, 0.717) is 4.47 Å². The molecule has 0 bridgehead atoms. The van der Waals surface area contributed by atoms with Crippen LogP contribution in [0.4, 0.5) is 3.89 Å². The monoisotopic (exact) mass is 253 g/mol. The molecule has 0 aliphatic heterocycles. The van der Waals surface area contributed by atoms with E-state index in [1.54, 1.807) is 0 Å². The van der Waals surface area contributed by atoms with Gasteiger partial charge in [-0.25, -0.2) is 0 Å². The fourth-order valence-electron chi connectivity index (χ4n) is 0.736. The molecule has 0 radical (unpaired) electrons. The molecule has 0 N–H and O–H groups in total. The Bertz CT molecular complexity index is 404. The van der Waals surface area contributed by atoms with Gasteiger partial charge in [0.15, 0.2) is 0 Å². The van der Waals surface area contributed by atoms with Gasteiger partial charge in [0.1, 0.15) is 4.90 Å². The molecule has 1 rings (SSSR count). The van der Waals surface area contributed by atoms with Gasteiger partial charge in [-0.1, -0.05) is 0 Å². The first kappa shape index (κ1) is 9.60. The predicted molar refractivity (Wildman–Crippen MR) is 45.0 cm³/mol. The van der Waals surface area contributed by atoms with Gasteiger partial charge in [0.2, 0.25) is 0 Å². The third-order valence-corrected chi connectivity index (χ3v) is 2.64. The van der Waals surface area contributed by atoms with Gasteiger partial charge in [0.05, 0.1) is 5.69 Å². The molecule has 1 aromatic rings. The van der Waals surface area contributed by atoms with Gasteiger partial charge < -0.3 is 0 Å². The van der Waals surface area contributed by atoms with Gasteiger partial charge in [-0.05, 0) is 28.9 Å². The van der Waals surface area contributed by atoms with Crippen molar-refractivity contribution in [3.63, 3.8) is 0 Å². The van der Waals surface area contributed by atoms with Crippen LogP contribution in [0.3, 0.4) is 0 Å². The Morgan fingerprint density at radius 2 is 2.17 bits per heavy atom. The molecule has 66 valence electrons. The second kappa shape index (κ2) is 3.10. The SMILES string of the molecule is Cc1ncc(Br)cc1S(=O)(=O)F. The lowest BCUT2D eigenvalue weighted by Crippen LogP contribution is -1.97. The molecule has 0 spiro atoms. The van der Waals surface area contributed by atoms with Crippen LogP contribution in [0, 0.1) is 6.92 Å². The molecule has 0 saturated carbocycles. The van der Waals surface area contributed by atoms with Crippen molar-refractivity contribution in [2.24, 2.45) is 0 Å². The summed E-state index contributed by atoms with van der Waals surface area (Å²) in [5.41, 5.74) is 0.153. The summed E-state index contributed by atoms with van der Waals surface area (Å²) < 4.78 is 33.9. The molecule has 0 saturated heterocycles. The van der Waals surface area contributed by atoms with Crippen LogP contribution >= 0.6 is 15.9 Å². The van der Waals surface area contributed by atoms with Crippen LogP contribution < -0.4 is 0 Å². The van der Waals surface area contributed by atoms with Gasteiger partial charge in [0.25, 0.3) is 0 Å². The van der Waals surface area contributed by atoms with Crippen molar-refractivity contribution in [1.29, 1.82) is 0 Å². The summed E-state index contributed by atoms with van der Waals surface area (Å²) >= 11 is 3.00. The number of aromatic nitrogens is 1. The highest BCUT2D eigenvalue weighted by Gasteiger charge is 2.15. The second-order valence-corrected chi connectivity index (χ2v) is 4.41. The molecular formula is C6H5BrFNO2S. The first-order valence-corrected chi connectivity index (χ1v) is 5.16. The lowest BCUT2D eigenvalue weighted by molar-refractivity contribution is 0.550. The number of nitrogens with zero attached hydrogens (tertiary/aromatic N) is 1. The van der Waals surface area contributed by atoms with Crippen LogP contribution in [0.25, 0.3) is 0 Å². The Morgan fingerprint density at radius 3 is 2.58 bits per heavy atom. The third-order valence-electron chi connectivity index (χ3n) is 1.27. The van der Waals surface area contributed by atoms with Crippen molar-refractivity contribution in [3.05, 3.63) is 22.4 Å². The van der Waals surface area contributed by atoms with Crippen LogP contribution in [-0.4, -0.2) is 13.4 Å². The van der Waals surface area contributed by atoms with E-state index in [4.69, 9.17) is 0 Å². The van der Waals surface area contributed by atoms with Crippen molar-refractivity contribution in [2.75, 3.05) is 0 Å². The number of halogens is 2. The molecule has 0 fully saturated rings. The Labute approximate surface area is 78.0 Å². The molecule has 0 aliphatic rings. The number of rotatable bonds is 1. The molecule has 6 heteroatoms. The standard InChI is InChI=1S/C6H5BrFNO2S/c1-4-6(12(8,10)11)2-5(7)3-9-4/h2-3H,1H3. The molecule has 1 heterocycles. The topological polar surface area (TPSA) is 47.0 Å². The smallest absolute Gasteiger partial charge is 0.259 e. The van der Waals surface area contributed by atoms with Gasteiger partial charge in [-0.3, -0.25) is 4.98 Å². The highest BCUT2D eigenvalue weighted by atomic mass is 79.9. The average Bonchev–Trinajstić information content (AvgIpc) is 1.92. The maximum Gasteiger partial charge on any atom is 0.333 e. The maximum atomic E-state index is 12.5. The summed E-state index contributed by atoms with van der Waals surface area (Å²) in [5.74, 6) is 0. The first-order chi connectivity index (χ1) is 5.41. The van der Waals surface area contributed by atoms with Crippen molar-refractivity contribution in [3.8, 4) is 0 Å². The van der Waals surface area contributed by atoms with Crippen LogP contribution in [0.15, 0.2) is 21.6 Å². The van der Waals surface area contributed by atoms with E-state index >= 15 is 0 Å². The number of pyridine rings is 1. The molecule has 12 heavy (non-hydrogen) atoms. The zero-order chi connectivity index (χ0) is 9.35. The van der Waals surface area contributed by atoms with Crippen molar-refractivity contribution < 1.29 is 12.3 Å². The van der Waals surface area contributed by atoms with E-state index in [9.17, 15) is 12.3 Å².